The summed E-state index contributed by atoms with van der Waals surface area (Å²) in [5.74, 6) is -0.0817. The van der Waals surface area contributed by atoms with E-state index in [4.69, 9.17) is 13.0 Å². The fraction of sp³-hybridized carbons (Fsp3) is 0.727. The Morgan fingerprint density at radius 2 is 1.81 bits per heavy atom. The van der Waals surface area contributed by atoms with Crippen LogP contribution < -0.4 is 5.32 Å². The van der Waals surface area contributed by atoms with Crippen LogP contribution in [0.15, 0.2) is 12.7 Å². The molecular formula is C11H21F3N2O4S. The van der Waals surface area contributed by atoms with Crippen molar-refractivity contribution in [3.8, 4) is 0 Å². The number of nitrogens with zero attached hydrogens (tertiary/aromatic N) is 1. The average Bonchev–Trinajstić information content (AvgIpc) is 2.32. The van der Waals surface area contributed by atoms with E-state index in [0.29, 0.717) is 0 Å². The molecular weight excluding hydrogens is 313 g/mol. The van der Waals surface area contributed by atoms with Crippen LogP contribution in [0.25, 0.3) is 0 Å². The third-order valence-electron chi connectivity index (χ3n) is 2.56. The van der Waals surface area contributed by atoms with Crippen molar-refractivity contribution >= 4 is 16.0 Å². The fourth-order valence-corrected chi connectivity index (χ4v) is 0.949. The number of quaternary nitrogens is 1. The highest BCUT2D eigenvalue weighted by Gasteiger charge is 2.36. The van der Waals surface area contributed by atoms with Crippen molar-refractivity contribution in [3.63, 3.8) is 0 Å². The van der Waals surface area contributed by atoms with Gasteiger partial charge in [-0.15, -0.1) is 0 Å². The summed E-state index contributed by atoms with van der Waals surface area (Å²) >= 11 is 0. The standard InChI is InChI=1S/C10H20N2O.CHF3O3S/c1-5-10(13)11-8-7-9-12(3,4)6-2;2-1(3,4)8(5,6)7/h5H,1,6-9H2,2-4H3;(H,5,6,7). The van der Waals surface area contributed by atoms with E-state index in [-0.39, 0.29) is 5.91 Å². The van der Waals surface area contributed by atoms with Crippen molar-refractivity contribution in [2.24, 2.45) is 0 Å². The average molecular weight is 334 g/mol. The van der Waals surface area contributed by atoms with Crippen molar-refractivity contribution in [2.75, 3.05) is 33.7 Å². The first-order valence-corrected chi connectivity index (χ1v) is 7.42. The summed E-state index contributed by atoms with van der Waals surface area (Å²) in [4.78, 5) is 10.8. The lowest BCUT2D eigenvalue weighted by molar-refractivity contribution is -0.888. The zero-order valence-electron chi connectivity index (χ0n) is 12.2. The van der Waals surface area contributed by atoms with Crippen molar-refractivity contribution < 1.29 is 35.4 Å². The number of carbonyl (C=O) groups excluding carboxylic acids is 1. The predicted octanol–water partition coefficient (Wildman–Crippen LogP) is 0.826. The van der Waals surface area contributed by atoms with Gasteiger partial charge in [0, 0.05) is 13.0 Å². The molecule has 0 heterocycles. The Morgan fingerprint density at radius 3 is 2.10 bits per heavy atom. The van der Waals surface area contributed by atoms with Crippen LogP contribution in [-0.4, -0.2) is 62.6 Å². The van der Waals surface area contributed by atoms with Gasteiger partial charge in [-0.3, -0.25) is 4.79 Å². The largest absolute Gasteiger partial charge is 0.741 e. The summed E-state index contributed by atoms with van der Waals surface area (Å²) in [5.41, 5.74) is -5.65. The lowest BCUT2D eigenvalue weighted by atomic mass is 10.3. The molecule has 1 amide bonds. The fourth-order valence-electron chi connectivity index (χ4n) is 0.949. The van der Waals surface area contributed by atoms with Crippen LogP contribution in [0.4, 0.5) is 13.2 Å². The normalized spacial score (nSPS) is 12.1. The first kappa shape index (κ1) is 22.2. The highest BCUT2D eigenvalue weighted by molar-refractivity contribution is 7.86. The summed E-state index contributed by atoms with van der Waals surface area (Å²) < 4.78 is 59.9. The van der Waals surface area contributed by atoms with Gasteiger partial charge in [0.1, 0.15) is 0 Å². The maximum absolute atomic E-state index is 10.8. The Hall–Kier alpha value is -1.13. The molecule has 0 bridgehead atoms. The molecule has 0 aliphatic rings. The molecule has 1 N–H and O–H groups in total. The van der Waals surface area contributed by atoms with Gasteiger partial charge in [0.05, 0.1) is 27.2 Å². The molecule has 0 aliphatic heterocycles. The van der Waals surface area contributed by atoms with Crippen LogP contribution in [0.5, 0.6) is 0 Å². The van der Waals surface area contributed by atoms with Gasteiger partial charge in [-0.1, -0.05) is 6.58 Å². The Balaban J connectivity index is 0. The SMILES string of the molecule is C=CC(=O)NCCC[N+](C)(C)CC.O=S(=O)([O-])C(F)(F)F. The Morgan fingerprint density at radius 1 is 1.38 bits per heavy atom. The maximum Gasteiger partial charge on any atom is 0.485 e. The number of nitrogens with one attached hydrogen (secondary N) is 1. The van der Waals surface area contributed by atoms with Gasteiger partial charge in [-0.25, -0.2) is 8.42 Å². The molecule has 0 saturated carbocycles. The Labute approximate surface area is 123 Å². The second kappa shape index (κ2) is 9.00. The van der Waals surface area contributed by atoms with Crippen molar-refractivity contribution in [3.05, 3.63) is 12.7 Å². The van der Waals surface area contributed by atoms with E-state index >= 15 is 0 Å². The van der Waals surface area contributed by atoms with E-state index in [1.165, 1.54) is 6.08 Å². The quantitative estimate of drug-likeness (QED) is 0.256. The van der Waals surface area contributed by atoms with E-state index in [1.807, 2.05) is 0 Å². The molecule has 0 radical (unpaired) electrons. The minimum Gasteiger partial charge on any atom is -0.741 e. The number of amides is 1. The van der Waals surface area contributed by atoms with Gasteiger partial charge < -0.3 is 14.4 Å². The van der Waals surface area contributed by atoms with Crippen LogP contribution in [0.1, 0.15) is 13.3 Å². The zero-order chi connectivity index (χ0) is 17.3. The van der Waals surface area contributed by atoms with Crippen LogP contribution in [0.3, 0.4) is 0 Å². The third-order valence-corrected chi connectivity index (χ3v) is 3.13. The molecule has 6 nitrogen and oxygen atoms in total. The summed E-state index contributed by atoms with van der Waals surface area (Å²) in [6.45, 7) is 8.51. The topological polar surface area (TPSA) is 86.3 Å². The molecule has 0 unspecified atom stereocenters. The molecule has 0 saturated heterocycles. The van der Waals surface area contributed by atoms with Gasteiger partial charge in [-0.2, -0.15) is 13.2 Å². The number of rotatable bonds is 6. The maximum atomic E-state index is 10.8. The van der Waals surface area contributed by atoms with E-state index in [9.17, 15) is 18.0 Å². The lowest BCUT2D eigenvalue weighted by Gasteiger charge is -2.28. The lowest BCUT2D eigenvalue weighted by Crippen LogP contribution is -2.41. The van der Waals surface area contributed by atoms with Gasteiger partial charge in [-0.05, 0) is 13.0 Å². The molecule has 21 heavy (non-hydrogen) atoms. The van der Waals surface area contributed by atoms with Crippen molar-refractivity contribution in [2.45, 2.75) is 18.9 Å². The summed E-state index contributed by atoms with van der Waals surface area (Å²) in [7, 11) is -1.71. The highest BCUT2D eigenvalue weighted by Crippen LogP contribution is 2.20. The third kappa shape index (κ3) is 12.3. The number of halogens is 3. The molecule has 10 heteroatoms. The number of hydrogen-bond acceptors (Lipinski definition) is 4. The molecule has 0 aliphatic carbocycles. The van der Waals surface area contributed by atoms with E-state index in [0.717, 1.165) is 30.5 Å². The molecule has 0 aromatic rings. The molecule has 0 rings (SSSR count). The summed E-state index contributed by atoms with van der Waals surface area (Å²) in [6.07, 6.45) is 2.32. The second-order valence-electron chi connectivity index (χ2n) is 4.72. The highest BCUT2D eigenvalue weighted by atomic mass is 32.2. The van der Waals surface area contributed by atoms with E-state index < -0.39 is 15.6 Å². The molecule has 0 aromatic heterocycles. The Kier molecular flexibility index (Phi) is 9.50. The number of hydrogen-bond donors (Lipinski definition) is 1. The van der Waals surface area contributed by atoms with Crippen LogP contribution in [0, 0.1) is 0 Å². The van der Waals surface area contributed by atoms with Gasteiger partial charge in [0.15, 0.2) is 10.1 Å². The monoisotopic (exact) mass is 334 g/mol. The summed E-state index contributed by atoms with van der Waals surface area (Å²) in [6, 6.07) is 0. The minimum absolute atomic E-state index is 0.0817. The second-order valence-corrected chi connectivity index (χ2v) is 6.10. The molecule has 126 valence electrons. The van der Waals surface area contributed by atoms with Gasteiger partial charge in [0.2, 0.25) is 5.91 Å². The molecule has 0 spiro atoms. The van der Waals surface area contributed by atoms with Crippen LogP contribution >= 0.6 is 0 Å². The summed E-state index contributed by atoms with van der Waals surface area (Å²) in [5, 5.41) is 2.76. The first-order valence-electron chi connectivity index (χ1n) is 6.01. The first-order chi connectivity index (χ1) is 9.27. The van der Waals surface area contributed by atoms with Gasteiger partial charge in [0.25, 0.3) is 0 Å². The molecule has 0 atom stereocenters. The Bertz CT molecular complexity index is 433. The smallest absolute Gasteiger partial charge is 0.485 e. The van der Waals surface area contributed by atoms with Gasteiger partial charge >= 0.3 is 5.51 Å². The number of alkyl halides is 3. The minimum atomic E-state index is -6.09. The van der Waals surface area contributed by atoms with E-state index in [2.05, 4.69) is 32.9 Å². The van der Waals surface area contributed by atoms with E-state index in [1.54, 1.807) is 0 Å². The van der Waals surface area contributed by atoms with Crippen molar-refractivity contribution in [1.82, 2.24) is 5.32 Å². The van der Waals surface area contributed by atoms with Crippen LogP contribution in [-0.2, 0) is 14.9 Å². The predicted molar refractivity (Wildman–Crippen MR) is 71.1 cm³/mol. The van der Waals surface area contributed by atoms with Crippen LogP contribution in [0.2, 0.25) is 0 Å². The zero-order valence-corrected chi connectivity index (χ0v) is 13.1. The molecule has 0 fully saturated rings. The van der Waals surface area contributed by atoms with Crippen molar-refractivity contribution in [1.29, 1.82) is 0 Å². The molecule has 0 aromatic carbocycles. The number of carbonyl (C=O) groups is 1.